The van der Waals surface area contributed by atoms with Crippen LogP contribution in [0, 0.1) is 11.8 Å². The normalized spacial score (nSPS) is 22.4. The van der Waals surface area contributed by atoms with Crippen molar-refractivity contribution in [2.45, 2.75) is 32.6 Å². The Morgan fingerprint density at radius 3 is 3.00 bits per heavy atom. The van der Waals surface area contributed by atoms with E-state index in [0.29, 0.717) is 17.3 Å². The number of nitrogens with zero attached hydrogens (tertiary/aromatic N) is 1. The second kappa shape index (κ2) is 7.07. The summed E-state index contributed by atoms with van der Waals surface area (Å²) in [7, 11) is 1.77. The number of pyridine rings is 1. The topological polar surface area (TPSA) is 54.0 Å². The maximum Gasteiger partial charge on any atom is 0.255 e. The lowest BCUT2D eigenvalue weighted by atomic mass is 9.82. The highest BCUT2D eigenvalue weighted by molar-refractivity contribution is 9.10. The van der Waals surface area contributed by atoms with Crippen LogP contribution in [0.15, 0.2) is 16.7 Å². The molecule has 1 amide bonds. The Morgan fingerprint density at radius 1 is 1.50 bits per heavy atom. The lowest BCUT2D eigenvalue weighted by Crippen LogP contribution is -2.32. The van der Waals surface area contributed by atoms with Crippen LogP contribution in [0.5, 0.6) is 0 Å². The van der Waals surface area contributed by atoms with Crippen LogP contribution in [-0.2, 0) is 0 Å². The van der Waals surface area contributed by atoms with Gasteiger partial charge in [-0.25, -0.2) is 4.98 Å². The number of halogens is 1. The number of carbonyl (C=O) groups is 1. The van der Waals surface area contributed by atoms with E-state index in [4.69, 9.17) is 0 Å². The molecule has 1 aliphatic rings. The van der Waals surface area contributed by atoms with Gasteiger partial charge in [0.2, 0.25) is 0 Å². The molecule has 110 valence electrons. The van der Waals surface area contributed by atoms with E-state index in [-0.39, 0.29) is 5.91 Å². The summed E-state index contributed by atoms with van der Waals surface area (Å²) in [6.45, 7) is 3.06. The highest BCUT2D eigenvalue weighted by atomic mass is 79.9. The molecule has 5 heteroatoms. The second-order valence-electron chi connectivity index (χ2n) is 5.65. The quantitative estimate of drug-likeness (QED) is 0.883. The van der Waals surface area contributed by atoms with Crippen molar-refractivity contribution in [1.82, 2.24) is 10.3 Å². The van der Waals surface area contributed by atoms with Gasteiger partial charge in [0.1, 0.15) is 5.82 Å². The first-order chi connectivity index (χ1) is 9.60. The van der Waals surface area contributed by atoms with E-state index in [0.717, 1.165) is 16.9 Å². The molecule has 0 aliphatic heterocycles. The number of aromatic nitrogens is 1. The molecule has 1 aromatic rings. The number of hydrogen-bond acceptors (Lipinski definition) is 3. The average molecular weight is 340 g/mol. The van der Waals surface area contributed by atoms with Crippen molar-refractivity contribution in [2.24, 2.45) is 11.8 Å². The molecular weight excluding hydrogens is 318 g/mol. The van der Waals surface area contributed by atoms with Gasteiger partial charge >= 0.3 is 0 Å². The van der Waals surface area contributed by atoms with E-state index in [1.807, 2.05) is 0 Å². The van der Waals surface area contributed by atoms with Crippen LogP contribution < -0.4 is 10.6 Å². The van der Waals surface area contributed by atoms with Gasteiger partial charge in [0.15, 0.2) is 0 Å². The summed E-state index contributed by atoms with van der Waals surface area (Å²) in [5.74, 6) is 1.95. The molecule has 4 nitrogen and oxygen atoms in total. The number of carbonyl (C=O) groups excluding carboxylic acids is 1. The third-order valence-corrected chi connectivity index (χ3v) is 4.37. The molecule has 20 heavy (non-hydrogen) atoms. The van der Waals surface area contributed by atoms with Crippen LogP contribution in [-0.4, -0.2) is 24.5 Å². The molecule has 0 aromatic carbocycles. The summed E-state index contributed by atoms with van der Waals surface area (Å²) in [6, 6.07) is 1.80. The zero-order chi connectivity index (χ0) is 14.5. The molecule has 1 fully saturated rings. The van der Waals surface area contributed by atoms with Gasteiger partial charge in [-0.15, -0.1) is 0 Å². The van der Waals surface area contributed by atoms with E-state index < -0.39 is 0 Å². The standard InChI is InChI=1S/C15H22BrN3O/c1-10-4-3-5-11(6-10)8-19-15(20)13-7-12(16)9-18-14(13)17-2/h7,9-11H,3-6,8H2,1-2H3,(H,17,18)(H,19,20). The first-order valence-corrected chi connectivity index (χ1v) is 8.01. The van der Waals surface area contributed by atoms with Gasteiger partial charge in [-0.2, -0.15) is 0 Å². The van der Waals surface area contributed by atoms with E-state index in [1.54, 1.807) is 19.3 Å². The molecule has 2 N–H and O–H groups in total. The number of nitrogens with one attached hydrogen (secondary N) is 2. The average Bonchev–Trinajstić information content (AvgIpc) is 2.45. The van der Waals surface area contributed by atoms with Crippen molar-refractivity contribution in [3.05, 3.63) is 22.3 Å². The molecule has 1 aromatic heterocycles. The largest absolute Gasteiger partial charge is 0.372 e. The lowest BCUT2D eigenvalue weighted by Gasteiger charge is -2.26. The number of rotatable bonds is 4. The van der Waals surface area contributed by atoms with Crippen LogP contribution in [0.4, 0.5) is 5.82 Å². The molecule has 2 atom stereocenters. The molecule has 0 bridgehead atoms. The number of amides is 1. The molecule has 0 spiro atoms. The van der Waals surface area contributed by atoms with E-state index in [2.05, 4.69) is 38.5 Å². The molecule has 0 saturated heterocycles. The first-order valence-electron chi connectivity index (χ1n) is 7.21. The summed E-state index contributed by atoms with van der Waals surface area (Å²) in [6.07, 6.45) is 6.73. The Kier molecular flexibility index (Phi) is 5.40. The summed E-state index contributed by atoms with van der Waals surface area (Å²) >= 11 is 3.36. The zero-order valence-electron chi connectivity index (χ0n) is 12.1. The van der Waals surface area contributed by atoms with Crippen molar-refractivity contribution in [3.63, 3.8) is 0 Å². The SMILES string of the molecule is CNc1ncc(Br)cc1C(=O)NCC1CCCC(C)C1. The third kappa shape index (κ3) is 3.95. The van der Waals surface area contributed by atoms with Gasteiger partial charge in [0.25, 0.3) is 5.91 Å². The Labute approximate surface area is 128 Å². The molecule has 1 heterocycles. The third-order valence-electron chi connectivity index (χ3n) is 3.93. The molecular formula is C15H22BrN3O. The maximum absolute atomic E-state index is 12.3. The summed E-state index contributed by atoms with van der Waals surface area (Å²) in [4.78, 5) is 16.5. The van der Waals surface area contributed by atoms with Crippen LogP contribution in [0.25, 0.3) is 0 Å². The van der Waals surface area contributed by atoms with Gasteiger partial charge in [-0.1, -0.05) is 19.8 Å². The minimum atomic E-state index is -0.0543. The zero-order valence-corrected chi connectivity index (χ0v) is 13.7. The van der Waals surface area contributed by atoms with Gasteiger partial charge in [-0.05, 0) is 46.7 Å². The predicted molar refractivity (Wildman–Crippen MR) is 84.9 cm³/mol. The predicted octanol–water partition coefficient (Wildman–Crippen LogP) is 3.44. The summed E-state index contributed by atoms with van der Waals surface area (Å²) in [5.41, 5.74) is 0.589. The monoisotopic (exact) mass is 339 g/mol. The summed E-state index contributed by atoms with van der Waals surface area (Å²) < 4.78 is 0.813. The van der Waals surface area contributed by atoms with Gasteiger partial charge in [-0.3, -0.25) is 4.79 Å². The Hall–Kier alpha value is -1.10. The minimum absolute atomic E-state index is 0.0543. The molecule has 1 aliphatic carbocycles. The number of hydrogen-bond donors (Lipinski definition) is 2. The first kappa shape index (κ1) is 15.3. The van der Waals surface area contributed by atoms with Crippen molar-refractivity contribution < 1.29 is 4.79 Å². The van der Waals surface area contributed by atoms with Crippen LogP contribution >= 0.6 is 15.9 Å². The van der Waals surface area contributed by atoms with Gasteiger partial charge in [0.05, 0.1) is 5.56 Å². The Bertz CT molecular complexity index is 478. The van der Waals surface area contributed by atoms with Crippen LogP contribution in [0.3, 0.4) is 0 Å². The fourth-order valence-electron chi connectivity index (χ4n) is 2.89. The van der Waals surface area contributed by atoms with E-state index in [9.17, 15) is 4.79 Å². The van der Waals surface area contributed by atoms with Crippen molar-refractivity contribution in [1.29, 1.82) is 0 Å². The fraction of sp³-hybridized carbons (Fsp3) is 0.600. The molecule has 0 radical (unpaired) electrons. The van der Waals surface area contributed by atoms with Crippen LogP contribution in [0.2, 0.25) is 0 Å². The highest BCUT2D eigenvalue weighted by Crippen LogP contribution is 2.28. The van der Waals surface area contributed by atoms with Gasteiger partial charge in [0, 0.05) is 24.3 Å². The van der Waals surface area contributed by atoms with Crippen molar-refractivity contribution in [3.8, 4) is 0 Å². The summed E-state index contributed by atoms with van der Waals surface area (Å²) in [5, 5.41) is 6.01. The smallest absolute Gasteiger partial charge is 0.255 e. The molecule has 2 unspecified atom stereocenters. The Balaban J connectivity index is 1.96. The fourth-order valence-corrected chi connectivity index (χ4v) is 3.22. The van der Waals surface area contributed by atoms with E-state index >= 15 is 0 Å². The molecule has 1 saturated carbocycles. The van der Waals surface area contributed by atoms with E-state index in [1.165, 1.54) is 25.7 Å². The number of anilines is 1. The van der Waals surface area contributed by atoms with Crippen molar-refractivity contribution in [2.75, 3.05) is 18.9 Å². The highest BCUT2D eigenvalue weighted by Gasteiger charge is 2.20. The lowest BCUT2D eigenvalue weighted by molar-refractivity contribution is 0.0941. The maximum atomic E-state index is 12.3. The van der Waals surface area contributed by atoms with Crippen molar-refractivity contribution >= 4 is 27.7 Å². The Morgan fingerprint density at radius 2 is 2.30 bits per heavy atom. The van der Waals surface area contributed by atoms with Crippen LogP contribution in [0.1, 0.15) is 43.0 Å². The van der Waals surface area contributed by atoms with Gasteiger partial charge < -0.3 is 10.6 Å². The molecule has 2 rings (SSSR count). The minimum Gasteiger partial charge on any atom is -0.372 e. The second-order valence-corrected chi connectivity index (χ2v) is 6.56.